The maximum absolute atomic E-state index is 13.7. The van der Waals surface area contributed by atoms with Gasteiger partial charge in [-0.3, -0.25) is 4.79 Å². The molecule has 0 saturated carbocycles. The largest absolute Gasteiger partial charge is 0.501 e. The molecule has 0 fully saturated rings. The molecule has 0 spiro atoms. The van der Waals surface area contributed by atoms with Crippen molar-refractivity contribution in [2.75, 3.05) is 7.11 Å². The fraction of sp³-hybridized carbons (Fsp3) is 0.0909. The van der Waals surface area contributed by atoms with Gasteiger partial charge in [-0.25, -0.2) is 13.8 Å². The molecule has 0 amide bonds. The van der Waals surface area contributed by atoms with Gasteiger partial charge in [0.1, 0.15) is 28.7 Å². The maximum atomic E-state index is 13.7. The molecule has 2 heterocycles. The van der Waals surface area contributed by atoms with Crippen LogP contribution in [0.4, 0.5) is 8.78 Å². The Balaban J connectivity index is 1.96. The Labute approximate surface area is 169 Å². The Bertz CT molecular complexity index is 1290. The number of aryl methyl sites for hydroxylation is 1. The monoisotopic (exact) mass is 410 g/mol. The number of benzene rings is 2. The molecule has 152 valence electrons. The van der Waals surface area contributed by atoms with E-state index in [1.54, 1.807) is 31.2 Å². The highest BCUT2D eigenvalue weighted by atomic mass is 19.2. The summed E-state index contributed by atoms with van der Waals surface area (Å²) in [7, 11) is 1.54. The van der Waals surface area contributed by atoms with Crippen molar-refractivity contribution in [2.24, 2.45) is 0 Å². The van der Waals surface area contributed by atoms with E-state index < -0.39 is 22.8 Å². The van der Waals surface area contributed by atoms with Crippen LogP contribution in [0.3, 0.4) is 0 Å². The second-order valence-corrected chi connectivity index (χ2v) is 6.57. The Hall–Kier alpha value is -3.94. The molecule has 0 aliphatic carbocycles. The summed E-state index contributed by atoms with van der Waals surface area (Å²) in [5.41, 5.74) is 0.863. The minimum absolute atomic E-state index is 0.104. The van der Waals surface area contributed by atoms with Crippen molar-refractivity contribution in [3.8, 4) is 45.6 Å². The van der Waals surface area contributed by atoms with Crippen molar-refractivity contribution < 1.29 is 23.0 Å². The Morgan fingerprint density at radius 1 is 1.03 bits per heavy atom. The molecular weight excluding hydrogens is 394 g/mol. The normalized spacial score (nSPS) is 10.9. The molecule has 4 rings (SSSR count). The summed E-state index contributed by atoms with van der Waals surface area (Å²) >= 11 is 0. The van der Waals surface area contributed by atoms with E-state index in [1.165, 1.54) is 19.2 Å². The molecule has 0 atom stereocenters. The van der Waals surface area contributed by atoms with Gasteiger partial charge >= 0.3 is 0 Å². The number of imidazole rings is 1. The Morgan fingerprint density at radius 2 is 1.73 bits per heavy atom. The zero-order valence-electron chi connectivity index (χ0n) is 16.0. The van der Waals surface area contributed by atoms with Crippen molar-refractivity contribution >= 4 is 0 Å². The van der Waals surface area contributed by atoms with E-state index in [4.69, 9.17) is 9.15 Å². The predicted molar refractivity (Wildman–Crippen MR) is 106 cm³/mol. The zero-order chi connectivity index (χ0) is 21.4. The summed E-state index contributed by atoms with van der Waals surface area (Å²) < 4.78 is 37.8. The molecule has 0 bridgehead atoms. The first-order chi connectivity index (χ1) is 14.4. The molecule has 2 aromatic carbocycles. The highest BCUT2D eigenvalue weighted by Gasteiger charge is 2.22. The van der Waals surface area contributed by atoms with E-state index >= 15 is 0 Å². The maximum Gasteiger partial charge on any atom is 0.227 e. The SMILES string of the molecule is COc1ccc(-c2nc(-c3ccc(F)c(F)c3)[nH]c2-c2oc(C)cc(=O)c2O)cc1. The second kappa shape index (κ2) is 7.47. The van der Waals surface area contributed by atoms with E-state index in [9.17, 15) is 18.7 Å². The molecular formula is C22H16F2N2O4. The first-order valence-corrected chi connectivity index (χ1v) is 8.91. The van der Waals surface area contributed by atoms with Crippen molar-refractivity contribution in [1.29, 1.82) is 0 Å². The number of aromatic nitrogens is 2. The van der Waals surface area contributed by atoms with Crippen LogP contribution in [0.5, 0.6) is 11.5 Å². The van der Waals surface area contributed by atoms with E-state index in [0.717, 1.165) is 12.1 Å². The molecule has 0 saturated heterocycles. The summed E-state index contributed by atoms with van der Waals surface area (Å²) in [5.74, 6) is -1.58. The number of ether oxygens (including phenoxy) is 1. The van der Waals surface area contributed by atoms with Gasteiger partial charge in [-0.15, -0.1) is 0 Å². The third kappa shape index (κ3) is 3.43. The van der Waals surface area contributed by atoms with E-state index in [2.05, 4.69) is 9.97 Å². The van der Waals surface area contributed by atoms with Crippen LogP contribution in [0.1, 0.15) is 5.76 Å². The number of halogens is 2. The molecule has 0 radical (unpaired) electrons. The number of hydrogen-bond donors (Lipinski definition) is 2. The van der Waals surface area contributed by atoms with Crippen molar-refractivity contribution in [2.45, 2.75) is 6.92 Å². The van der Waals surface area contributed by atoms with Crippen LogP contribution in [0.2, 0.25) is 0 Å². The van der Waals surface area contributed by atoms with Crippen LogP contribution in [0.15, 0.2) is 57.7 Å². The number of H-pyrrole nitrogens is 1. The second-order valence-electron chi connectivity index (χ2n) is 6.57. The van der Waals surface area contributed by atoms with Gasteiger partial charge < -0.3 is 19.2 Å². The number of aromatic amines is 1. The van der Waals surface area contributed by atoms with E-state index in [1.807, 2.05) is 0 Å². The van der Waals surface area contributed by atoms with Gasteiger partial charge in [0.05, 0.1) is 7.11 Å². The lowest BCUT2D eigenvalue weighted by atomic mass is 10.1. The lowest BCUT2D eigenvalue weighted by molar-refractivity contribution is 0.415. The number of rotatable bonds is 4. The summed E-state index contributed by atoms with van der Waals surface area (Å²) in [5, 5.41) is 10.3. The minimum Gasteiger partial charge on any atom is -0.501 e. The zero-order valence-corrected chi connectivity index (χ0v) is 16.0. The standard InChI is InChI=1S/C22H16F2N2O4/c1-11-9-17(27)20(28)21(30-11)19-18(12-3-6-14(29-2)7-4-12)25-22(26-19)13-5-8-15(23)16(24)10-13/h3-10,28H,1-2H3,(H,25,26). The number of aromatic hydroxyl groups is 1. The average Bonchev–Trinajstić information content (AvgIpc) is 3.18. The van der Waals surface area contributed by atoms with Crippen LogP contribution in [0.25, 0.3) is 34.1 Å². The summed E-state index contributed by atoms with van der Waals surface area (Å²) in [6.45, 7) is 1.57. The van der Waals surface area contributed by atoms with Gasteiger partial charge in [-0.1, -0.05) is 0 Å². The van der Waals surface area contributed by atoms with Crippen LogP contribution >= 0.6 is 0 Å². The molecule has 0 unspecified atom stereocenters. The number of nitrogens with zero attached hydrogens (tertiary/aromatic N) is 1. The fourth-order valence-corrected chi connectivity index (χ4v) is 3.05. The third-order valence-electron chi connectivity index (χ3n) is 4.53. The topological polar surface area (TPSA) is 88.4 Å². The first kappa shape index (κ1) is 19.4. The van der Waals surface area contributed by atoms with Crippen molar-refractivity contribution in [3.05, 3.63) is 76.1 Å². The van der Waals surface area contributed by atoms with Gasteiger partial charge in [-0.05, 0) is 49.4 Å². The summed E-state index contributed by atoms with van der Waals surface area (Å²) in [6, 6.07) is 11.4. The molecule has 6 nitrogen and oxygen atoms in total. The summed E-state index contributed by atoms with van der Waals surface area (Å²) in [6.07, 6.45) is 0. The first-order valence-electron chi connectivity index (χ1n) is 8.91. The van der Waals surface area contributed by atoms with Crippen LogP contribution in [0, 0.1) is 18.6 Å². The molecule has 0 aliphatic rings. The van der Waals surface area contributed by atoms with Crippen molar-refractivity contribution in [1.82, 2.24) is 9.97 Å². The number of nitrogens with one attached hydrogen (secondary N) is 1. The number of methoxy groups -OCH3 is 1. The van der Waals surface area contributed by atoms with Crippen LogP contribution < -0.4 is 10.2 Å². The fourth-order valence-electron chi connectivity index (χ4n) is 3.05. The highest BCUT2D eigenvalue weighted by molar-refractivity contribution is 5.81. The van der Waals surface area contributed by atoms with Crippen LogP contribution in [-0.4, -0.2) is 22.2 Å². The van der Waals surface area contributed by atoms with Gasteiger partial charge in [-0.2, -0.15) is 0 Å². The third-order valence-corrected chi connectivity index (χ3v) is 4.53. The van der Waals surface area contributed by atoms with E-state index in [-0.39, 0.29) is 28.6 Å². The van der Waals surface area contributed by atoms with Gasteiger partial charge in [0.2, 0.25) is 11.2 Å². The molecule has 4 aromatic rings. The van der Waals surface area contributed by atoms with Gasteiger partial charge in [0.15, 0.2) is 17.4 Å². The number of hydrogen-bond acceptors (Lipinski definition) is 5. The predicted octanol–water partition coefficient (Wildman–Crippen LogP) is 4.66. The molecule has 0 aliphatic heterocycles. The summed E-state index contributed by atoms with van der Waals surface area (Å²) in [4.78, 5) is 19.5. The van der Waals surface area contributed by atoms with E-state index in [0.29, 0.717) is 17.0 Å². The minimum atomic E-state index is -1.03. The smallest absolute Gasteiger partial charge is 0.227 e. The van der Waals surface area contributed by atoms with Crippen molar-refractivity contribution in [3.63, 3.8) is 0 Å². The Kier molecular flexibility index (Phi) is 4.83. The molecule has 2 aromatic heterocycles. The molecule has 30 heavy (non-hydrogen) atoms. The van der Waals surface area contributed by atoms with Gasteiger partial charge in [0, 0.05) is 17.2 Å². The molecule has 2 N–H and O–H groups in total. The van der Waals surface area contributed by atoms with Crippen LogP contribution in [-0.2, 0) is 0 Å². The quantitative estimate of drug-likeness (QED) is 0.511. The lowest BCUT2D eigenvalue weighted by Gasteiger charge is -2.06. The molecule has 8 heteroatoms. The average molecular weight is 410 g/mol. The highest BCUT2D eigenvalue weighted by Crippen LogP contribution is 2.37. The van der Waals surface area contributed by atoms with Gasteiger partial charge in [0.25, 0.3) is 0 Å². The lowest BCUT2D eigenvalue weighted by Crippen LogP contribution is -2.01. The Morgan fingerprint density at radius 3 is 2.40 bits per heavy atom.